The largest absolute Gasteiger partial charge is 0.348 e. The molecule has 4 aromatic heterocycles. The van der Waals surface area contributed by atoms with Crippen LogP contribution in [0.15, 0.2) is 36.9 Å². The van der Waals surface area contributed by atoms with E-state index in [4.69, 9.17) is 0 Å². The standard InChI is InChI=1S/C17H14F4N6/c1-17(20,21)8-25-16-24-5-11-10(4-23-15(11)26-16)9-2-3-13-22-6-12(14(18)19)27(13)7-9/h2-7,14H,8H2,1H3,(H2,23,24,25,26). The summed E-state index contributed by atoms with van der Waals surface area (Å²) in [6.45, 7) is 0.213. The number of halogens is 4. The lowest BCUT2D eigenvalue weighted by molar-refractivity contribution is 0.0366. The molecular formula is C17H14F4N6. The number of rotatable bonds is 5. The van der Waals surface area contributed by atoms with Crippen LogP contribution in [0.3, 0.4) is 0 Å². The van der Waals surface area contributed by atoms with E-state index in [9.17, 15) is 17.6 Å². The second kappa shape index (κ2) is 6.22. The molecule has 0 saturated carbocycles. The molecule has 0 fully saturated rings. The molecule has 0 aliphatic carbocycles. The van der Waals surface area contributed by atoms with E-state index in [0.29, 0.717) is 27.8 Å². The van der Waals surface area contributed by atoms with Crippen molar-refractivity contribution in [2.45, 2.75) is 19.3 Å². The number of imidazole rings is 1. The van der Waals surface area contributed by atoms with E-state index in [1.165, 1.54) is 10.6 Å². The monoisotopic (exact) mass is 378 g/mol. The fourth-order valence-electron chi connectivity index (χ4n) is 2.79. The first kappa shape index (κ1) is 17.3. The van der Waals surface area contributed by atoms with Crippen LogP contribution in [0.2, 0.25) is 0 Å². The lowest BCUT2D eigenvalue weighted by Gasteiger charge is -2.10. The number of nitrogens with one attached hydrogen (secondary N) is 2. The fraction of sp³-hybridized carbons (Fsp3) is 0.235. The number of aromatic amines is 1. The number of pyridine rings is 1. The highest BCUT2D eigenvalue weighted by molar-refractivity contribution is 5.93. The molecule has 4 rings (SSSR count). The number of hydrogen-bond donors (Lipinski definition) is 2. The molecule has 0 spiro atoms. The highest BCUT2D eigenvalue weighted by atomic mass is 19.3. The van der Waals surface area contributed by atoms with Crippen LogP contribution in [0.1, 0.15) is 19.0 Å². The fourth-order valence-corrected chi connectivity index (χ4v) is 2.79. The molecule has 10 heteroatoms. The third-order valence-corrected chi connectivity index (χ3v) is 4.06. The zero-order chi connectivity index (χ0) is 19.2. The molecule has 4 heterocycles. The molecular weight excluding hydrogens is 364 g/mol. The van der Waals surface area contributed by atoms with Crippen LogP contribution in [0.25, 0.3) is 27.8 Å². The highest BCUT2D eigenvalue weighted by Crippen LogP contribution is 2.29. The third kappa shape index (κ3) is 3.29. The highest BCUT2D eigenvalue weighted by Gasteiger charge is 2.21. The van der Waals surface area contributed by atoms with Crippen molar-refractivity contribution in [2.24, 2.45) is 0 Å². The maximum absolute atomic E-state index is 13.1. The van der Waals surface area contributed by atoms with Gasteiger partial charge in [-0.1, -0.05) is 0 Å². The Morgan fingerprint density at radius 2 is 2.04 bits per heavy atom. The summed E-state index contributed by atoms with van der Waals surface area (Å²) in [6, 6.07) is 3.39. The zero-order valence-electron chi connectivity index (χ0n) is 14.0. The maximum atomic E-state index is 13.1. The molecule has 0 bridgehead atoms. The van der Waals surface area contributed by atoms with Gasteiger partial charge in [-0.15, -0.1) is 0 Å². The minimum absolute atomic E-state index is 0.0717. The zero-order valence-corrected chi connectivity index (χ0v) is 14.0. The number of hydrogen-bond acceptors (Lipinski definition) is 4. The topological polar surface area (TPSA) is 70.9 Å². The Bertz CT molecular complexity index is 1110. The molecule has 0 radical (unpaired) electrons. The molecule has 2 N–H and O–H groups in total. The summed E-state index contributed by atoms with van der Waals surface area (Å²) in [6.07, 6.45) is 3.22. The van der Waals surface area contributed by atoms with Crippen LogP contribution >= 0.6 is 0 Å². The second-order valence-electron chi connectivity index (χ2n) is 6.21. The number of H-pyrrole nitrogens is 1. The van der Waals surface area contributed by atoms with Crippen molar-refractivity contribution in [2.75, 3.05) is 11.9 Å². The molecule has 0 aromatic carbocycles. The molecule has 4 aromatic rings. The van der Waals surface area contributed by atoms with Crippen molar-refractivity contribution in [1.82, 2.24) is 24.3 Å². The van der Waals surface area contributed by atoms with Crippen molar-refractivity contribution < 1.29 is 17.6 Å². The van der Waals surface area contributed by atoms with Crippen LogP contribution in [0.4, 0.5) is 23.5 Å². The van der Waals surface area contributed by atoms with Gasteiger partial charge in [0.1, 0.15) is 17.0 Å². The first-order valence-corrected chi connectivity index (χ1v) is 8.03. The van der Waals surface area contributed by atoms with Crippen LogP contribution in [0.5, 0.6) is 0 Å². The van der Waals surface area contributed by atoms with Gasteiger partial charge in [-0.2, -0.15) is 4.98 Å². The summed E-state index contributed by atoms with van der Waals surface area (Å²) < 4.78 is 53.5. The van der Waals surface area contributed by atoms with Gasteiger partial charge < -0.3 is 10.3 Å². The smallest absolute Gasteiger partial charge is 0.280 e. The molecule has 6 nitrogen and oxygen atoms in total. The van der Waals surface area contributed by atoms with E-state index in [-0.39, 0.29) is 11.6 Å². The molecule has 0 atom stereocenters. The Morgan fingerprint density at radius 1 is 1.22 bits per heavy atom. The van der Waals surface area contributed by atoms with Gasteiger partial charge in [0.15, 0.2) is 0 Å². The second-order valence-corrected chi connectivity index (χ2v) is 6.21. The van der Waals surface area contributed by atoms with Gasteiger partial charge in [-0.25, -0.2) is 27.5 Å². The molecule has 0 aliphatic rings. The average molecular weight is 378 g/mol. The molecule has 140 valence electrons. The summed E-state index contributed by atoms with van der Waals surface area (Å²) in [5, 5.41) is 3.12. The van der Waals surface area contributed by atoms with Crippen molar-refractivity contribution in [1.29, 1.82) is 0 Å². The number of aromatic nitrogens is 5. The SMILES string of the molecule is CC(F)(F)CNc1ncc2c(-c3ccc4ncc(C(F)F)n4c3)c[nH]c2n1. The van der Waals surface area contributed by atoms with Crippen LogP contribution < -0.4 is 5.32 Å². The Hall–Kier alpha value is -3.17. The summed E-state index contributed by atoms with van der Waals surface area (Å²) in [5.41, 5.74) is 2.03. The van der Waals surface area contributed by atoms with Gasteiger partial charge in [-0.05, 0) is 12.1 Å². The van der Waals surface area contributed by atoms with Crippen LogP contribution in [-0.4, -0.2) is 36.8 Å². The Labute approximate surface area is 150 Å². The minimum atomic E-state index is -2.89. The molecule has 0 aliphatic heterocycles. The van der Waals surface area contributed by atoms with E-state index < -0.39 is 18.9 Å². The number of alkyl halides is 4. The van der Waals surface area contributed by atoms with Gasteiger partial charge in [0, 0.05) is 42.0 Å². The van der Waals surface area contributed by atoms with Gasteiger partial charge in [0.2, 0.25) is 5.95 Å². The Balaban J connectivity index is 1.72. The lowest BCUT2D eigenvalue weighted by Crippen LogP contribution is -2.23. The number of anilines is 1. The quantitative estimate of drug-likeness (QED) is 0.509. The van der Waals surface area contributed by atoms with Gasteiger partial charge in [0.25, 0.3) is 12.3 Å². The summed E-state index contributed by atoms with van der Waals surface area (Å²) in [5.74, 6) is -2.82. The summed E-state index contributed by atoms with van der Waals surface area (Å²) in [4.78, 5) is 15.1. The molecule has 0 unspecified atom stereocenters. The minimum Gasteiger partial charge on any atom is -0.348 e. The summed E-state index contributed by atoms with van der Waals surface area (Å²) in [7, 11) is 0. The average Bonchev–Trinajstić information content (AvgIpc) is 3.22. The first-order chi connectivity index (χ1) is 12.8. The predicted molar refractivity (Wildman–Crippen MR) is 92.1 cm³/mol. The molecule has 27 heavy (non-hydrogen) atoms. The van der Waals surface area contributed by atoms with E-state index in [2.05, 4.69) is 25.3 Å². The Morgan fingerprint density at radius 3 is 2.78 bits per heavy atom. The predicted octanol–water partition coefficient (Wildman–Crippen LogP) is 4.28. The maximum Gasteiger partial charge on any atom is 0.280 e. The normalized spacial score (nSPS) is 12.4. The van der Waals surface area contributed by atoms with Crippen LogP contribution in [-0.2, 0) is 0 Å². The van der Waals surface area contributed by atoms with Gasteiger partial charge in [-0.3, -0.25) is 4.40 Å². The molecule has 0 amide bonds. The van der Waals surface area contributed by atoms with E-state index in [1.807, 2.05) is 0 Å². The van der Waals surface area contributed by atoms with Crippen molar-refractivity contribution in [3.63, 3.8) is 0 Å². The van der Waals surface area contributed by atoms with Crippen molar-refractivity contribution in [3.05, 3.63) is 42.6 Å². The first-order valence-electron chi connectivity index (χ1n) is 8.03. The van der Waals surface area contributed by atoms with Crippen LogP contribution in [0, 0.1) is 0 Å². The van der Waals surface area contributed by atoms with Crippen molar-refractivity contribution in [3.8, 4) is 11.1 Å². The van der Waals surface area contributed by atoms with E-state index >= 15 is 0 Å². The lowest BCUT2D eigenvalue weighted by atomic mass is 10.1. The van der Waals surface area contributed by atoms with Gasteiger partial charge in [0.05, 0.1) is 12.7 Å². The summed E-state index contributed by atoms with van der Waals surface area (Å²) >= 11 is 0. The molecule has 0 saturated heterocycles. The third-order valence-electron chi connectivity index (χ3n) is 4.06. The van der Waals surface area contributed by atoms with Crippen molar-refractivity contribution >= 4 is 22.6 Å². The number of fused-ring (bicyclic) bond motifs is 2. The Kier molecular flexibility index (Phi) is 3.97. The van der Waals surface area contributed by atoms with E-state index in [0.717, 1.165) is 13.1 Å². The van der Waals surface area contributed by atoms with E-state index in [1.54, 1.807) is 24.5 Å². The van der Waals surface area contributed by atoms with Gasteiger partial charge >= 0.3 is 0 Å². The number of nitrogens with zero attached hydrogens (tertiary/aromatic N) is 4.